The third kappa shape index (κ3) is 6.12. The van der Waals surface area contributed by atoms with Gasteiger partial charge in [0.1, 0.15) is 12.0 Å². The van der Waals surface area contributed by atoms with E-state index in [2.05, 4.69) is 16.3 Å². The molecule has 3 aliphatic heterocycles. The summed E-state index contributed by atoms with van der Waals surface area (Å²) in [7, 11) is 1.73. The quantitative estimate of drug-likeness (QED) is 0.361. The minimum absolute atomic E-state index is 0.0960. The van der Waals surface area contributed by atoms with E-state index in [0.717, 1.165) is 42.7 Å². The van der Waals surface area contributed by atoms with Crippen LogP contribution in [0.15, 0.2) is 66.7 Å². The van der Waals surface area contributed by atoms with E-state index in [1.807, 2.05) is 12.1 Å². The van der Waals surface area contributed by atoms with Gasteiger partial charge < -0.3 is 29.9 Å². The van der Waals surface area contributed by atoms with Crippen molar-refractivity contribution in [2.45, 2.75) is 37.8 Å². The summed E-state index contributed by atoms with van der Waals surface area (Å²) >= 11 is 6.17. The number of rotatable bonds is 7. The standard InChI is InChI=1S/C34H35ClN4O6/c1-45-25-12-16-37(17-13-25)29-7-3-6-27-26(29)14-19-39(30(27)31(40)36-23-10-8-21(9-11-23)34(43)44)33(42)28-15-18-38(32(28)41)24-5-2-4-22(35)20-24/h2-11,20,25,28,30H,12-19H2,1H3,(H,36,40)(H,43,44). The van der Waals surface area contributed by atoms with Gasteiger partial charge >= 0.3 is 5.97 Å². The highest BCUT2D eigenvalue weighted by Crippen LogP contribution is 2.39. The summed E-state index contributed by atoms with van der Waals surface area (Å²) in [5.41, 5.74) is 3.91. The normalized spacial score (nSPS) is 20.2. The Balaban J connectivity index is 1.31. The van der Waals surface area contributed by atoms with Crippen LogP contribution in [0, 0.1) is 5.92 Å². The van der Waals surface area contributed by atoms with Gasteiger partial charge in [0.2, 0.25) is 11.8 Å². The molecule has 6 rings (SSSR count). The smallest absolute Gasteiger partial charge is 0.335 e. The van der Waals surface area contributed by atoms with Gasteiger partial charge in [-0.25, -0.2) is 4.79 Å². The minimum Gasteiger partial charge on any atom is -0.478 e. The van der Waals surface area contributed by atoms with Crippen LogP contribution in [0.25, 0.3) is 0 Å². The van der Waals surface area contributed by atoms with Crippen LogP contribution in [-0.2, 0) is 25.5 Å². The minimum atomic E-state index is -1.07. The van der Waals surface area contributed by atoms with Crippen molar-refractivity contribution in [2.24, 2.45) is 5.92 Å². The Bertz CT molecular complexity index is 1620. The number of aromatic carboxylic acids is 1. The first-order valence-electron chi connectivity index (χ1n) is 15.2. The Morgan fingerprint density at radius 3 is 2.36 bits per heavy atom. The number of carbonyl (C=O) groups is 4. The average molecular weight is 631 g/mol. The summed E-state index contributed by atoms with van der Waals surface area (Å²) in [4.78, 5) is 58.6. The monoisotopic (exact) mass is 630 g/mol. The molecule has 2 atom stereocenters. The molecule has 2 N–H and O–H groups in total. The van der Waals surface area contributed by atoms with E-state index < -0.39 is 23.8 Å². The Labute approximate surface area is 266 Å². The molecule has 3 heterocycles. The summed E-state index contributed by atoms with van der Waals surface area (Å²) in [6, 6.07) is 17.7. The number of hydrogen-bond acceptors (Lipinski definition) is 6. The number of benzene rings is 3. The van der Waals surface area contributed by atoms with E-state index in [9.17, 15) is 24.3 Å². The number of anilines is 3. The number of fused-ring (bicyclic) bond motifs is 1. The molecule has 3 aromatic rings. The van der Waals surface area contributed by atoms with Gasteiger partial charge in [0.15, 0.2) is 0 Å². The number of carboxylic acid groups (broad SMARTS) is 1. The highest BCUT2D eigenvalue weighted by atomic mass is 35.5. The molecule has 0 bridgehead atoms. The number of nitrogens with zero attached hydrogens (tertiary/aromatic N) is 3. The lowest BCUT2D eigenvalue weighted by atomic mass is 9.88. The van der Waals surface area contributed by atoms with Gasteiger partial charge in [0.25, 0.3) is 5.91 Å². The first-order chi connectivity index (χ1) is 21.7. The van der Waals surface area contributed by atoms with E-state index in [1.165, 1.54) is 29.2 Å². The van der Waals surface area contributed by atoms with Crippen LogP contribution in [0.3, 0.4) is 0 Å². The van der Waals surface area contributed by atoms with Crippen molar-refractivity contribution in [3.05, 3.63) is 88.4 Å². The van der Waals surface area contributed by atoms with Crippen LogP contribution in [0.2, 0.25) is 5.02 Å². The second kappa shape index (κ2) is 12.9. The molecule has 3 amide bonds. The third-order valence-corrected chi connectivity index (χ3v) is 9.30. The third-order valence-electron chi connectivity index (χ3n) is 9.07. The lowest BCUT2D eigenvalue weighted by Crippen LogP contribution is -2.49. The van der Waals surface area contributed by atoms with E-state index in [-0.39, 0.29) is 30.0 Å². The molecule has 2 unspecified atom stereocenters. The summed E-state index contributed by atoms with van der Waals surface area (Å²) in [5, 5.41) is 12.7. The zero-order chi connectivity index (χ0) is 31.7. The first-order valence-corrected chi connectivity index (χ1v) is 15.5. The maximum atomic E-state index is 14.2. The fraction of sp³-hybridized carbons (Fsp3) is 0.353. The molecule has 0 spiro atoms. The van der Waals surface area contributed by atoms with Crippen molar-refractivity contribution in [3.63, 3.8) is 0 Å². The van der Waals surface area contributed by atoms with Crippen molar-refractivity contribution >= 4 is 52.4 Å². The predicted octanol–water partition coefficient (Wildman–Crippen LogP) is 4.77. The maximum Gasteiger partial charge on any atom is 0.335 e. The number of halogens is 1. The Morgan fingerprint density at radius 2 is 1.67 bits per heavy atom. The number of piperidine rings is 1. The molecule has 3 aromatic carbocycles. The number of methoxy groups -OCH3 is 1. The lowest BCUT2D eigenvalue weighted by molar-refractivity contribution is -0.145. The molecule has 0 aliphatic carbocycles. The highest BCUT2D eigenvalue weighted by Gasteiger charge is 2.45. The Kier molecular flexibility index (Phi) is 8.78. The Morgan fingerprint density at radius 1 is 0.933 bits per heavy atom. The Hall–Kier alpha value is -4.41. The van der Waals surface area contributed by atoms with Gasteiger partial charge in [-0.05, 0) is 85.3 Å². The SMILES string of the molecule is COC1CCN(c2cccc3c2CCN(C(=O)C2CCN(c4cccc(Cl)c4)C2=O)C3C(=O)Nc2ccc(C(=O)O)cc2)CC1. The molecule has 0 saturated carbocycles. The fourth-order valence-electron chi connectivity index (χ4n) is 6.72. The van der Waals surface area contributed by atoms with Crippen LogP contribution in [-0.4, -0.2) is 73.1 Å². The molecular weight excluding hydrogens is 596 g/mol. The van der Waals surface area contributed by atoms with E-state index in [0.29, 0.717) is 35.8 Å². The summed E-state index contributed by atoms with van der Waals surface area (Å²) in [6.07, 6.45) is 2.88. The van der Waals surface area contributed by atoms with Crippen molar-refractivity contribution in [3.8, 4) is 0 Å². The second-order valence-electron chi connectivity index (χ2n) is 11.6. The van der Waals surface area contributed by atoms with Crippen LogP contribution in [0.5, 0.6) is 0 Å². The maximum absolute atomic E-state index is 14.2. The van der Waals surface area contributed by atoms with Crippen LogP contribution in [0.4, 0.5) is 17.1 Å². The number of amides is 3. The summed E-state index contributed by atoms with van der Waals surface area (Å²) in [5.74, 6) is -3.12. The molecule has 10 nitrogen and oxygen atoms in total. The molecule has 234 valence electrons. The summed E-state index contributed by atoms with van der Waals surface area (Å²) in [6.45, 7) is 2.28. The summed E-state index contributed by atoms with van der Waals surface area (Å²) < 4.78 is 5.56. The van der Waals surface area contributed by atoms with Crippen LogP contribution in [0.1, 0.15) is 46.8 Å². The molecule has 2 fully saturated rings. The highest BCUT2D eigenvalue weighted by molar-refractivity contribution is 6.31. The molecule has 2 saturated heterocycles. The van der Waals surface area contributed by atoms with Gasteiger partial charge in [0, 0.05) is 55.4 Å². The van der Waals surface area contributed by atoms with E-state index >= 15 is 0 Å². The zero-order valence-corrected chi connectivity index (χ0v) is 25.7. The molecule has 45 heavy (non-hydrogen) atoms. The van der Waals surface area contributed by atoms with Crippen molar-refractivity contribution in [2.75, 3.05) is 48.4 Å². The molecule has 0 radical (unpaired) electrons. The number of carboxylic acids is 1. The van der Waals surface area contributed by atoms with Crippen LogP contribution >= 0.6 is 11.6 Å². The number of carbonyl (C=O) groups excluding carboxylic acids is 3. The number of ether oxygens (including phenoxy) is 1. The molecule has 0 aromatic heterocycles. The average Bonchev–Trinajstić information content (AvgIpc) is 3.44. The number of nitrogens with one attached hydrogen (secondary N) is 1. The number of hydrogen-bond donors (Lipinski definition) is 2. The van der Waals surface area contributed by atoms with Crippen LogP contribution < -0.4 is 15.1 Å². The topological polar surface area (TPSA) is 119 Å². The zero-order valence-electron chi connectivity index (χ0n) is 24.9. The second-order valence-corrected chi connectivity index (χ2v) is 12.1. The van der Waals surface area contributed by atoms with Gasteiger partial charge in [-0.1, -0.05) is 29.8 Å². The molecule has 11 heteroatoms. The molecule has 3 aliphatic rings. The largest absolute Gasteiger partial charge is 0.478 e. The first kappa shape index (κ1) is 30.6. The van der Waals surface area contributed by atoms with E-state index in [4.69, 9.17) is 16.3 Å². The van der Waals surface area contributed by atoms with Crippen molar-refractivity contribution in [1.82, 2.24) is 4.90 Å². The lowest BCUT2D eigenvalue weighted by Gasteiger charge is -2.40. The van der Waals surface area contributed by atoms with Crippen molar-refractivity contribution in [1.29, 1.82) is 0 Å². The molecular formula is C34H35ClN4O6. The van der Waals surface area contributed by atoms with Gasteiger partial charge in [-0.3, -0.25) is 14.4 Å². The fourth-order valence-corrected chi connectivity index (χ4v) is 6.90. The van der Waals surface area contributed by atoms with Gasteiger partial charge in [0.05, 0.1) is 11.7 Å². The van der Waals surface area contributed by atoms with Gasteiger partial charge in [-0.15, -0.1) is 0 Å². The van der Waals surface area contributed by atoms with Gasteiger partial charge in [-0.2, -0.15) is 0 Å². The predicted molar refractivity (Wildman–Crippen MR) is 171 cm³/mol. The van der Waals surface area contributed by atoms with Crippen molar-refractivity contribution < 1.29 is 29.0 Å². The van der Waals surface area contributed by atoms with E-state index in [1.54, 1.807) is 36.3 Å².